The van der Waals surface area contributed by atoms with E-state index in [9.17, 15) is 0 Å². The van der Waals surface area contributed by atoms with E-state index in [1.807, 2.05) is 0 Å². The van der Waals surface area contributed by atoms with E-state index in [-0.39, 0.29) is 0 Å². The predicted molar refractivity (Wildman–Crippen MR) is 55.6 cm³/mol. The molecule has 2 N–H and O–H groups in total. The van der Waals surface area contributed by atoms with Crippen LogP contribution in [0.15, 0.2) is 11.6 Å². The van der Waals surface area contributed by atoms with Crippen LogP contribution in [-0.2, 0) is 0 Å². The van der Waals surface area contributed by atoms with Crippen LogP contribution < -0.4 is 5.73 Å². The van der Waals surface area contributed by atoms with Gasteiger partial charge in [-0.15, -0.1) is 0 Å². The van der Waals surface area contributed by atoms with E-state index in [1.54, 1.807) is 5.57 Å². The molecule has 74 valence electrons. The first-order valence-electron chi connectivity index (χ1n) is 5.50. The van der Waals surface area contributed by atoms with Crippen molar-refractivity contribution in [2.75, 3.05) is 19.6 Å². The summed E-state index contributed by atoms with van der Waals surface area (Å²) in [4.78, 5) is 2.50. The van der Waals surface area contributed by atoms with Gasteiger partial charge >= 0.3 is 0 Å². The van der Waals surface area contributed by atoms with E-state index in [4.69, 9.17) is 5.73 Å². The smallest absolute Gasteiger partial charge is 0.0180 e. The van der Waals surface area contributed by atoms with Gasteiger partial charge in [-0.05, 0) is 38.6 Å². The van der Waals surface area contributed by atoms with Crippen molar-refractivity contribution < 1.29 is 0 Å². The van der Waals surface area contributed by atoms with Gasteiger partial charge in [0.15, 0.2) is 0 Å². The highest BCUT2D eigenvalue weighted by atomic mass is 15.2. The Morgan fingerprint density at radius 3 is 3.08 bits per heavy atom. The van der Waals surface area contributed by atoms with Crippen LogP contribution in [0.2, 0.25) is 0 Å². The van der Waals surface area contributed by atoms with Crippen molar-refractivity contribution in [1.29, 1.82) is 0 Å². The zero-order valence-corrected chi connectivity index (χ0v) is 8.34. The summed E-state index contributed by atoms with van der Waals surface area (Å²) in [7, 11) is 0. The third-order valence-corrected chi connectivity index (χ3v) is 3.19. The van der Waals surface area contributed by atoms with Crippen LogP contribution in [0.3, 0.4) is 0 Å². The molecule has 0 radical (unpaired) electrons. The summed E-state index contributed by atoms with van der Waals surface area (Å²) >= 11 is 0. The van der Waals surface area contributed by atoms with Gasteiger partial charge in [0.05, 0.1) is 0 Å². The molecule has 0 aromatic carbocycles. The van der Waals surface area contributed by atoms with Gasteiger partial charge < -0.3 is 10.6 Å². The molecule has 0 aromatic rings. The number of nitrogens with zero attached hydrogens (tertiary/aromatic N) is 1. The highest BCUT2D eigenvalue weighted by Crippen LogP contribution is 2.21. The van der Waals surface area contributed by atoms with Crippen molar-refractivity contribution in [3.63, 3.8) is 0 Å². The molecule has 0 saturated carbocycles. The molecular formula is C11H20N2. The summed E-state index contributed by atoms with van der Waals surface area (Å²) in [6.07, 6.45) is 8.95. The lowest BCUT2D eigenvalue weighted by atomic mass is 10.1. The summed E-state index contributed by atoms with van der Waals surface area (Å²) in [6, 6.07) is 0.442. The number of likely N-dealkylation sites (tertiary alicyclic amines) is 1. The van der Waals surface area contributed by atoms with Crippen molar-refractivity contribution in [1.82, 2.24) is 4.90 Å². The number of hydrogen-bond acceptors (Lipinski definition) is 2. The Balaban J connectivity index is 1.67. The minimum atomic E-state index is 0.442. The van der Waals surface area contributed by atoms with Crippen LogP contribution >= 0.6 is 0 Å². The average Bonchev–Trinajstić information content (AvgIpc) is 2.71. The van der Waals surface area contributed by atoms with Crippen molar-refractivity contribution in [2.24, 2.45) is 5.73 Å². The molecule has 1 saturated heterocycles. The molecule has 1 aliphatic heterocycles. The molecule has 1 unspecified atom stereocenters. The second-order valence-electron chi connectivity index (χ2n) is 4.35. The fraction of sp³-hybridized carbons (Fsp3) is 0.818. The summed E-state index contributed by atoms with van der Waals surface area (Å²) in [5.74, 6) is 0. The maximum atomic E-state index is 5.85. The standard InChI is InChI=1S/C11H20N2/c12-11-6-8-13(9-11)7-5-10-3-1-2-4-10/h3,11H,1-2,4-9,12H2. The van der Waals surface area contributed by atoms with E-state index in [0.717, 1.165) is 6.54 Å². The van der Waals surface area contributed by atoms with Gasteiger partial charge in [-0.25, -0.2) is 0 Å². The maximum Gasteiger partial charge on any atom is 0.0180 e. The molecular weight excluding hydrogens is 160 g/mol. The maximum absolute atomic E-state index is 5.85. The Hall–Kier alpha value is -0.340. The third kappa shape index (κ3) is 2.55. The van der Waals surface area contributed by atoms with Crippen molar-refractivity contribution >= 4 is 0 Å². The van der Waals surface area contributed by atoms with Crippen molar-refractivity contribution in [3.05, 3.63) is 11.6 Å². The summed E-state index contributed by atoms with van der Waals surface area (Å²) < 4.78 is 0. The Kier molecular flexibility index (Phi) is 3.01. The summed E-state index contributed by atoms with van der Waals surface area (Å²) in [5.41, 5.74) is 7.53. The van der Waals surface area contributed by atoms with Crippen LogP contribution in [0.25, 0.3) is 0 Å². The molecule has 1 aliphatic carbocycles. The molecule has 1 heterocycles. The lowest BCUT2D eigenvalue weighted by Crippen LogP contribution is -2.27. The molecule has 2 heteroatoms. The molecule has 2 aliphatic rings. The van der Waals surface area contributed by atoms with Crippen LogP contribution in [0, 0.1) is 0 Å². The molecule has 0 aromatic heterocycles. The second kappa shape index (κ2) is 4.25. The van der Waals surface area contributed by atoms with E-state index < -0.39 is 0 Å². The molecule has 13 heavy (non-hydrogen) atoms. The van der Waals surface area contributed by atoms with Crippen LogP contribution in [0.1, 0.15) is 32.1 Å². The van der Waals surface area contributed by atoms with Gasteiger partial charge in [0.25, 0.3) is 0 Å². The first-order chi connectivity index (χ1) is 6.34. The van der Waals surface area contributed by atoms with Gasteiger partial charge in [-0.3, -0.25) is 0 Å². The highest BCUT2D eigenvalue weighted by Gasteiger charge is 2.18. The Morgan fingerprint density at radius 2 is 2.46 bits per heavy atom. The first-order valence-corrected chi connectivity index (χ1v) is 5.50. The van der Waals surface area contributed by atoms with Crippen molar-refractivity contribution in [2.45, 2.75) is 38.1 Å². The van der Waals surface area contributed by atoms with E-state index in [0.29, 0.717) is 6.04 Å². The fourth-order valence-corrected chi connectivity index (χ4v) is 2.33. The number of nitrogens with two attached hydrogens (primary N) is 1. The number of rotatable bonds is 3. The first kappa shape index (κ1) is 9.22. The lowest BCUT2D eigenvalue weighted by Gasteiger charge is -2.14. The monoisotopic (exact) mass is 180 g/mol. The summed E-state index contributed by atoms with van der Waals surface area (Å²) in [5, 5.41) is 0. The van der Waals surface area contributed by atoms with Gasteiger partial charge in [0.2, 0.25) is 0 Å². The van der Waals surface area contributed by atoms with E-state index in [1.165, 1.54) is 45.2 Å². The molecule has 2 nitrogen and oxygen atoms in total. The Bertz CT molecular complexity index is 198. The molecule has 2 rings (SSSR count). The summed E-state index contributed by atoms with van der Waals surface area (Å²) in [6.45, 7) is 3.57. The molecule has 0 spiro atoms. The quantitative estimate of drug-likeness (QED) is 0.667. The van der Waals surface area contributed by atoms with Gasteiger partial charge in [-0.2, -0.15) is 0 Å². The van der Waals surface area contributed by atoms with Crippen LogP contribution in [-0.4, -0.2) is 30.6 Å². The van der Waals surface area contributed by atoms with Gasteiger partial charge in [-0.1, -0.05) is 11.6 Å². The third-order valence-electron chi connectivity index (χ3n) is 3.19. The SMILES string of the molecule is NC1CCN(CCC2=CCCC2)C1. The number of hydrogen-bond donors (Lipinski definition) is 1. The average molecular weight is 180 g/mol. The van der Waals surface area contributed by atoms with Gasteiger partial charge in [0.1, 0.15) is 0 Å². The van der Waals surface area contributed by atoms with Gasteiger partial charge in [0, 0.05) is 19.1 Å². The van der Waals surface area contributed by atoms with Crippen LogP contribution in [0.5, 0.6) is 0 Å². The molecule has 0 bridgehead atoms. The molecule has 1 atom stereocenters. The minimum Gasteiger partial charge on any atom is -0.326 e. The minimum absolute atomic E-state index is 0.442. The normalized spacial score (nSPS) is 29.6. The van der Waals surface area contributed by atoms with E-state index >= 15 is 0 Å². The number of allylic oxidation sites excluding steroid dienone is 1. The molecule has 1 fully saturated rings. The predicted octanol–water partition coefficient (Wildman–Crippen LogP) is 1.52. The lowest BCUT2D eigenvalue weighted by molar-refractivity contribution is 0.338. The van der Waals surface area contributed by atoms with Crippen molar-refractivity contribution in [3.8, 4) is 0 Å². The fourth-order valence-electron chi connectivity index (χ4n) is 2.33. The highest BCUT2D eigenvalue weighted by molar-refractivity contribution is 5.07. The van der Waals surface area contributed by atoms with E-state index in [2.05, 4.69) is 11.0 Å². The Morgan fingerprint density at radius 1 is 1.54 bits per heavy atom. The largest absolute Gasteiger partial charge is 0.326 e. The molecule has 0 amide bonds. The topological polar surface area (TPSA) is 29.3 Å². The van der Waals surface area contributed by atoms with Crippen LogP contribution in [0.4, 0.5) is 0 Å². The zero-order chi connectivity index (χ0) is 9.10. The second-order valence-corrected chi connectivity index (χ2v) is 4.35. The Labute approximate surface area is 80.8 Å². The zero-order valence-electron chi connectivity index (χ0n) is 8.34.